The van der Waals surface area contributed by atoms with Gasteiger partial charge in [0.1, 0.15) is 21.9 Å². The van der Waals surface area contributed by atoms with Crippen LogP contribution in [0.3, 0.4) is 0 Å². The third kappa shape index (κ3) is 9.53. The van der Waals surface area contributed by atoms with Gasteiger partial charge in [-0.05, 0) is 84.8 Å². The van der Waals surface area contributed by atoms with E-state index >= 15 is 0 Å². The normalized spacial score (nSPS) is 19.2. The second-order valence-corrected chi connectivity index (χ2v) is 20.5. The van der Waals surface area contributed by atoms with Crippen molar-refractivity contribution in [2.24, 2.45) is 0 Å². The zero-order chi connectivity index (χ0) is 46.0. The Morgan fingerprint density at radius 1 is 0.766 bits per heavy atom. The van der Waals surface area contributed by atoms with Gasteiger partial charge in [0.2, 0.25) is 5.69 Å². The summed E-state index contributed by atoms with van der Waals surface area (Å²) in [5.74, 6) is -3.65. The summed E-state index contributed by atoms with van der Waals surface area (Å²) in [6, 6.07) is 25.1. The lowest BCUT2D eigenvalue weighted by Crippen LogP contribution is -2.36. The minimum Gasteiger partial charge on any atom is -0.748 e. The quantitative estimate of drug-likeness (QED) is 0.0332. The molecule has 3 heterocycles. The summed E-state index contributed by atoms with van der Waals surface area (Å²) in [7, 11) is -9.36. The van der Waals surface area contributed by atoms with Gasteiger partial charge in [0, 0.05) is 59.6 Å². The lowest BCUT2D eigenvalue weighted by atomic mass is 9.79. The van der Waals surface area contributed by atoms with Crippen LogP contribution >= 0.6 is 0 Å². The molecule has 0 radical (unpaired) electrons. The number of nitrogens with zero attached hydrogens (tertiary/aromatic N) is 3. The van der Waals surface area contributed by atoms with Crippen molar-refractivity contribution >= 4 is 76.7 Å². The van der Waals surface area contributed by atoms with E-state index in [1.807, 2.05) is 54.6 Å². The number of hydrogen-bond acceptors (Lipinski definition) is 11. The number of carbonyl (C=O) groups is 3. The molecule has 1 fully saturated rings. The topological polar surface area (TPSA) is 184 Å². The van der Waals surface area contributed by atoms with Crippen LogP contribution < -0.4 is 4.90 Å². The lowest BCUT2D eigenvalue weighted by molar-refractivity contribution is -0.438. The SMILES string of the molecule is CC1(C)C(/C=C/C=C/C=C/C=C2/N(CCCCS(=O)(=O)[O-])c3ccc4ccccc4c3C2(C)C)=[N+](CCCCCC(=O)ON2C(=O)CC(S(=O)(=O)[O-])C2=O)c2ccc3ccccc3c21. The third-order valence-corrected chi connectivity index (χ3v) is 14.2. The monoisotopic (exact) mass is 906 g/mol. The molecular formula is C49H52N3O10S2-. The first kappa shape index (κ1) is 46.3. The predicted molar refractivity (Wildman–Crippen MR) is 245 cm³/mol. The molecule has 2 amide bonds. The molecule has 4 aromatic rings. The van der Waals surface area contributed by atoms with Crippen molar-refractivity contribution in [2.45, 2.75) is 88.7 Å². The van der Waals surface area contributed by atoms with E-state index in [9.17, 15) is 40.3 Å². The smallest absolute Gasteiger partial charge is 0.333 e. The molecule has 0 spiro atoms. The van der Waals surface area contributed by atoms with Crippen LogP contribution in [0.1, 0.15) is 83.8 Å². The van der Waals surface area contributed by atoms with Gasteiger partial charge in [-0.25, -0.2) is 21.6 Å². The van der Waals surface area contributed by atoms with Crippen LogP contribution in [-0.4, -0.2) is 83.2 Å². The number of benzene rings is 4. The number of amides is 2. The maximum atomic E-state index is 12.5. The highest BCUT2D eigenvalue weighted by Crippen LogP contribution is 2.51. The molecule has 64 heavy (non-hydrogen) atoms. The molecule has 1 unspecified atom stereocenters. The zero-order valence-corrected chi connectivity index (χ0v) is 38.0. The molecule has 13 nitrogen and oxygen atoms in total. The minimum atomic E-state index is -5.07. The summed E-state index contributed by atoms with van der Waals surface area (Å²) >= 11 is 0. The van der Waals surface area contributed by atoms with Crippen molar-refractivity contribution in [1.82, 2.24) is 5.06 Å². The zero-order valence-electron chi connectivity index (χ0n) is 36.4. The van der Waals surface area contributed by atoms with Crippen LogP contribution in [0.15, 0.2) is 121 Å². The highest BCUT2D eigenvalue weighted by atomic mass is 32.2. The molecule has 1 atom stereocenters. The van der Waals surface area contributed by atoms with E-state index in [0.717, 1.165) is 33.6 Å². The summed E-state index contributed by atoms with van der Waals surface area (Å²) in [6.07, 6.45) is 15.8. The molecule has 336 valence electrons. The van der Waals surface area contributed by atoms with Crippen molar-refractivity contribution in [2.75, 3.05) is 23.7 Å². The summed E-state index contributed by atoms with van der Waals surface area (Å²) in [5, 5.41) is 2.62. The van der Waals surface area contributed by atoms with Gasteiger partial charge in [0.05, 0.1) is 22.0 Å². The molecule has 0 N–H and O–H groups in total. The number of hydrogen-bond donors (Lipinski definition) is 0. The Hall–Kier alpha value is -5.74. The Kier molecular flexibility index (Phi) is 13.3. The Labute approximate surface area is 374 Å². The van der Waals surface area contributed by atoms with Crippen LogP contribution in [0.2, 0.25) is 0 Å². The average Bonchev–Trinajstić information content (AvgIpc) is 3.74. The number of fused-ring (bicyclic) bond motifs is 6. The van der Waals surface area contributed by atoms with Gasteiger partial charge >= 0.3 is 5.97 Å². The second kappa shape index (κ2) is 18.4. The van der Waals surface area contributed by atoms with Crippen LogP contribution in [0.5, 0.6) is 0 Å². The lowest BCUT2D eigenvalue weighted by Gasteiger charge is -2.27. The van der Waals surface area contributed by atoms with Gasteiger partial charge in [-0.3, -0.25) is 9.59 Å². The molecular weight excluding hydrogens is 855 g/mol. The Bertz CT molecular complexity index is 2910. The van der Waals surface area contributed by atoms with Crippen molar-refractivity contribution in [3.8, 4) is 0 Å². The minimum absolute atomic E-state index is 0.0940. The van der Waals surface area contributed by atoms with E-state index in [0.29, 0.717) is 38.8 Å². The van der Waals surface area contributed by atoms with E-state index in [-0.39, 0.29) is 34.5 Å². The van der Waals surface area contributed by atoms with Gasteiger partial charge < -0.3 is 18.8 Å². The van der Waals surface area contributed by atoms with Gasteiger partial charge in [-0.1, -0.05) is 98.8 Å². The summed E-state index contributed by atoms with van der Waals surface area (Å²) in [4.78, 5) is 44.0. The Morgan fingerprint density at radius 3 is 2.08 bits per heavy atom. The predicted octanol–water partition coefficient (Wildman–Crippen LogP) is 7.74. The van der Waals surface area contributed by atoms with E-state index in [2.05, 4.69) is 97.9 Å². The fourth-order valence-corrected chi connectivity index (χ4v) is 10.6. The third-order valence-electron chi connectivity index (χ3n) is 12.4. The van der Waals surface area contributed by atoms with Gasteiger partial charge in [-0.15, -0.1) is 5.06 Å². The highest BCUT2D eigenvalue weighted by molar-refractivity contribution is 7.87. The second-order valence-electron chi connectivity index (χ2n) is 17.4. The van der Waals surface area contributed by atoms with E-state index in [4.69, 9.17) is 4.84 Å². The number of anilines is 1. The van der Waals surface area contributed by atoms with Crippen molar-refractivity contribution in [1.29, 1.82) is 0 Å². The van der Waals surface area contributed by atoms with Crippen LogP contribution in [-0.2, 0) is 50.3 Å². The Balaban J connectivity index is 1.06. The average molecular weight is 907 g/mol. The van der Waals surface area contributed by atoms with Crippen molar-refractivity contribution in [3.05, 3.63) is 132 Å². The van der Waals surface area contributed by atoms with Gasteiger partial charge in [-0.2, -0.15) is 4.58 Å². The molecule has 0 saturated carbocycles. The van der Waals surface area contributed by atoms with Gasteiger partial charge in [0.25, 0.3) is 11.8 Å². The largest absolute Gasteiger partial charge is 0.748 e. The first-order valence-corrected chi connectivity index (χ1v) is 24.5. The van der Waals surface area contributed by atoms with Crippen molar-refractivity contribution in [3.63, 3.8) is 0 Å². The number of allylic oxidation sites excluding steroid dienone is 8. The van der Waals surface area contributed by atoms with Crippen LogP contribution in [0.25, 0.3) is 21.5 Å². The maximum Gasteiger partial charge on any atom is 0.333 e. The molecule has 7 rings (SSSR count). The van der Waals surface area contributed by atoms with Crippen molar-refractivity contribution < 1.29 is 49.7 Å². The molecule has 15 heteroatoms. The summed E-state index contributed by atoms with van der Waals surface area (Å²) in [6.45, 7) is 10.0. The molecule has 4 aromatic carbocycles. The Morgan fingerprint density at radius 2 is 1.41 bits per heavy atom. The van der Waals surface area contributed by atoms with Gasteiger partial charge in [0.15, 0.2) is 5.71 Å². The number of unbranched alkanes of at least 4 members (excludes halogenated alkanes) is 3. The molecule has 0 bridgehead atoms. The highest BCUT2D eigenvalue weighted by Gasteiger charge is 2.47. The van der Waals surface area contributed by atoms with Crippen LogP contribution in [0.4, 0.5) is 11.4 Å². The summed E-state index contributed by atoms with van der Waals surface area (Å²) in [5.41, 5.74) is 6.07. The molecule has 0 aliphatic carbocycles. The van der Waals surface area contributed by atoms with E-state index < -0.39 is 49.7 Å². The first-order chi connectivity index (χ1) is 30.3. The first-order valence-electron chi connectivity index (χ1n) is 21.5. The van der Waals surface area contributed by atoms with E-state index in [1.54, 1.807) is 0 Å². The van der Waals surface area contributed by atoms with E-state index in [1.165, 1.54) is 21.9 Å². The van der Waals surface area contributed by atoms with Crippen LogP contribution in [0, 0.1) is 0 Å². The maximum absolute atomic E-state index is 12.5. The summed E-state index contributed by atoms with van der Waals surface area (Å²) < 4.78 is 70.3. The number of imide groups is 1. The fourth-order valence-electron chi connectivity index (χ4n) is 9.35. The molecule has 1 saturated heterocycles. The number of hydroxylamine groups is 2. The fraction of sp³-hybridized carbons (Fsp3) is 0.347. The molecule has 3 aliphatic heterocycles. The number of carbonyl (C=O) groups excluding carboxylic acids is 3. The number of rotatable bonds is 17. The molecule has 3 aliphatic rings. The molecule has 0 aromatic heterocycles. The standard InChI is InChI=1S/C49H53N3O10S2/c1-48(2)41(23-9-6-5-7-10-24-42-49(3,4)46-37-22-15-13-20-35(37)27-29-39(46)51(42)31-17-18-32-63(56,57)58)50(38-28-26-34-19-12-14-21-36(34)45(38)48)30-16-8-11-25-44(54)62-52-43(53)33-40(47(52)55)64(59,60)61/h5-7,9-10,12-15,19-24,26-29,40H,8,11,16-18,25,30-33H2,1-4H3,(H-,56,57,58,59,60,61)/p-1.